The van der Waals surface area contributed by atoms with Gasteiger partial charge < -0.3 is 9.47 Å². The molecule has 182 valence electrons. The molecule has 1 aromatic carbocycles. The molecule has 2 aliphatic rings. The summed E-state index contributed by atoms with van der Waals surface area (Å²) >= 11 is 5.87. The van der Waals surface area contributed by atoms with Crippen LogP contribution in [0.2, 0.25) is 5.02 Å². The minimum atomic E-state index is -0.0995. The second kappa shape index (κ2) is 10.8. The molecule has 0 N–H and O–H groups in total. The number of likely N-dealkylation sites (tertiary alicyclic amines) is 1. The van der Waals surface area contributed by atoms with Gasteiger partial charge in [-0.05, 0) is 72.7 Å². The molecule has 1 atom stereocenters. The number of ether oxygens (including phenoxy) is 2. The largest absolute Gasteiger partial charge is 0.487 e. The molecule has 0 radical (unpaired) electrons. The van der Waals surface area contributed by atoms with Gasteiger partial charge in [-0.15, -0.1) is 0 Å². The predicted molar refractivity (Wildman–Crippen MR) is 138 cm³/mol. The van der Waals surface area contributed by atoms with Crippen molar-refractivity contribution in [3.63, 3.8) is 0 Å². The normalized spacial score (nSPS) is 17.8. The highest BCUT2D eigenvalue weighted by Crippen LogP contribution is 2.28. The lowest BCUT2D eigenvalue weighted by molar-refractivity contribution is 0.152. The van der Waals surface area contributed by atoms with Gasteiger partial charge in [0.15, 0.2) is 0 Å². The number of hydrogen-bond donors (Lipinski definition) is 0. The van der Waals surface area contributed by atoms with Crippen molar-refractivity contribution >= 4 is 23.4 Å². The average Bonchev–Trinajstić information content (AvgIpc) is 3.30. The van der Waals surface area contributed by atoms with Crippen LogP contribution in [0.5, 0.6) is 5.75 Å². The monoisotopic (exact) mass is 491 g/mol. The van der Waals surface area contributed by atoms with Crippen molar-refractivity contribution in [3.05, 3.63) is 92.6 Å². The summed E-state index contributed by atoms with van der Waals surface area (Å²) in [5.74, 6) is 1.17. The summed E-state index contributed by atoms with van der Waals surface area (Å²) in [5, 5.41) is 0.581. The summed E-state index contributed by atoms with van der Waals surface area (Å²) in [5.41, 5.74) is 5.55. The van der Waals surface area contributed by atoms with E-state index >= 15 is 0 Å². The van der Waals surface area contributed by atoms with Gasteiger partial charge in [0.2, 0.25) is 0 Å². The van der Waals surface area contributed by atoms with E-state index in [1.54, 1.807) is 30.1 Å². The lowest BCUT2D eigenvalue weighted by Crippen LogP contribution is -2.22. The molecule has 3 aromatic rings. The Labute approximate surface area is 210 Å². The number of nitrogens with zero attached hydrogens (tertiary/aromatic N) is 3. The molecule has 1 saturated heterocycles. The third-order valence-electron chi connectivity index (χ3n) is 6.73. The zero-order valence-corrected chi connectivity index (χ0v) is 20.7. The van der Waals surface area contributed by atoms with Gasteiger partial charge in [0, 0.05) is 44.4 Å². The van der Waals surface area contributed by atoms with E-state index in [1.165, 1.54) is 29.2 Å². The standard InChI is InChI=1S/C28H30ClN3O3/c1-34-18-21-8-10-31(17-21)16-20-2-3-23-13-26(7-4-22(23)12-20)32-11-9-27(14-28(32)33)35-19-25-6-5-24(29)15-30-25/h2-3,5-6,9,11-15,21H,4,7-8,10,16-19H2,1H3/t21-/m0/s1. The lowest BCUT2D eigenvalue weighted by atomic mass is 9.93. The maximum absolute atomic E-state index is 12.8. The van der Waals surface area contributed by atoms with Crippen LogP contribution in [0.25, 0.3) is 11.8 Å². The SMILES string of the molecule is COC[C@H]1CCN(Cc2ccc3c(c2)CCC(n2ccc(OCc4ccc(Cl)cn4)cc2=O)=C3)C1. The van der Waals surface area contributed by atoms with Gasteiger partial charge in [-0.25, -0.2) is 0 Å². The van der Waals surface area contributed by atoms with Gasteiger partial charge in [-0.2, -0.15) is 0 Å². The van der Waals surface area contributed by atoms with Gasteiger partial charge in [0.05, 0.1) is 17.3 Å². The first kappa shape index (κ1) is 23.8. The van der Waals surface area contributed by atoms with Crippen molar-refractivity contribution in [2.75, 3.05) is 26.8 Å². The van der Waals surface area contributed by atoms with Crippen molar-refractivity contribution in [1.82, 2.24) is 14.5 Å². The zero-order chi connectivity index (χ0) is 24.2. The van der Waals surface area contributed by atoms with Crippen LogP contribution in [0, 0.1) is 5.92 Å². The van der Waals surface area contributed by atoms with Gasteiger partial charge in [-0.3, -0.25) is 19.2 Å². The number of benzene rings is 1. The van der Waals surface area contributed by atoms with Crippen molar-refractivity contribution in [1.29, 1.82) is 0 Å². The fourth-order valence-electron chi connectivity index (χ4n) is 4.94. The summed E-state index contributed by atoms with van der Waals surface area (Å²) < 4.78 is 12.8. The van der Waals surface area contributed by atoms with E-state index in [-0.39, 0.29) is 12.2 Å². The van der Waals surface area contributed by atoms with E-state index in [1.807, 2.05) is 12.1 Å². The van der Waals surface area contributed by atoms with Crippen LogP contribution in [0.3, 0.4) is 0 Å². The smallest absolute Gasteiger partial charge is 0.258 e. The van der Waals surface area contributed by atoms with E-state index in [2.05, 4.69) is 34.2 Å². The molecule has 3 heterocycles. The maximum atomic E-state index is 12.8. The number of methoxy groups -OCH3 is 1. The van der Waals surface area contributed by atoms with E-state index in [9.17, 15) is 4.79 Å². The highest BCUT2D eigenvalue weighted by Gasteiger charge is 2.22. The van der Waals surface area contributed by atoms with Crippen LogP contribution in [0.15, 0.2) is 59.7 Å². The Morgan fingerprint density at radius 2 is 2.06 bits per heavy atom. The van der Waals surface area contributed by atoms with Gasteiger partial charge in [0.1, 0.15) is 12.4 Å². The van der Waals surface area contributed by atoms with Crippen LogP contribution in [-0.2, 0) is 24.3 Å². The van der Waals surface area contributed by atoms with Crippen LogP contribution in [0.1, 0.15) is 35.2 Å². The minimum absolute atomic E-state index is 0.0995. The number of pyridine rings is 2. The van der Waals surface area contributed by atoms with Crippen molar-refractivity contribution < 1.29 is 9.47 Å². The molecule has 1 fully saturated rings. The Bertz CT molecular complexity index is 1270. The Kier molecular flexibility index (Phi) is 7.32. The maximum Gasteiger partial charge on any atom is 0.258 e. The number of aromatic nitrogens is 2. The number of fused-ring (bicyclic) bond motifs is 1. The van der Waals surface area contributed by atoms with E-state index < -0.39 is 0 Å². The highest BCUT2D eigenvalue weighted by atomic mass is 35.5. The molecule has 0 amide bonds. The molecule has 1 aliphatic carbocycles. The Morgan fingerprint density at radius 1 is 1.14 bits per heavy atom. The van der Waals surface area contributed by atoms with Crippen LogP contribution in [-0.4, -0.2) is 41.3 Å². The number of hydrogen-bond acceptors (Lipinski definition) is 5. The molecule has 0 unspecified atom stereocenters. The molecule has 7 heteroatoms. The Hall–Kier alpha value is -2.93. The van der Waals surface area contributed by atoms with E-state index in [0.717, 1.165) is 50.5 Å². The number of halogens is 1. The quantitative estimate of drug-likeness (QED) is 0.449. The molecule has 0 saturated carbocycles. The van der Waals surface area contributed by atoms with Gasteiger partial charge in [-0.1, -0.05) is 29.8 Å². The number of allylic oxidation sites excluding steroid dienone is 1. The van der Waals surface area contributed by atoms with Crippen LogP contribution in [0.4, 0.5) is 0 Å². The second-order valence-corrected chi connectivity index (χ2v) is 9.78. The molecule has 2 aromatic heterocycles. The molecule has 6 nitrogen and oxygen atoms in total. The third kappa shape index (κ3) is 5.84. The molecule has 35 heavy (non-hydrogen) atoms. The summed E-state index contributed by atoms with van der Waals surface area (Å²) in [7, 11) is 1.78. The molecule has 0 bridgehead atoms. The summed E-state index contributed by atoms with van der Waals surface area (Å²) in [6.07, 6.45) is 8.47. The fraction of sp³-hybridized carbons (Fsp3) is 0.357. The summed E-state index contributed by atoms with van der Waals surface area (Å²) in [6.45, 7) is 4.35. The van der Waals surface area contributed by atoms with Crippen molar-refractivity contribution in [3.8, 4) is 5.75 Å². The minimum Gasteiger partial charge on any atom is -0.487 e. The molecule has 1 aliphatic heterocycles. The number of aryl methyl sites for hydroxylation is 1. The Morgan fingerprint density at radius 3 is 2.86 bits per heavy atom. The second-order valence-electron chi connectivity index (χ2n) is 9.34. The van der Waals surface area contributed by atoms with Crippen molar-refractivity contribution in [2.24, 2.45) is 5.92 Å². The highest BCUT2D eigenvalue weighted by molar-refractivity contribution is 6.30. The predicted octanol–water partition coefficient (Wildman–Crippen LogP) is 4.89. The fourth-order valence-corrected chi connectivity index (χ4v) is 5.05. The number of rotatable bonds is 8. The summed E-state index contributed by atoms with van der Waals surface area (Å²) in [6, 6.07) is 13.7. The van der Waals surface area contributed by atoms with Crippen LogP contribution >= 0.6 is 11.6 Å². The molecule has 0 spiro atoms. The summed E-state index contributed by atoms with van der Waals surface area (Å²) in [4.78, 5) is 19.6. The van der Waals surface area contributed by atoms with Gasteiger partial charge in [0.25, 0.3) is 5.56 Å². The first-order valence-electron chi connectivity index (χ1n) is 12.1. The van der Waals surface area contributed by atoms with Crippen molar-refractivity contribution in [2.45, 2.75) is 32.4 Å². The van der Waals surface area contributed by atoms with E-state index in [0.29, 0.717) is 16.7 Å². The molecular weight excluding hydrogens is 462 g/mol. The average molecular weight is 492 g/mol. The third-order valence-corrected chi connectivity index (χ3v) is 6.96. The first-order valence-corrected chi connectivity index (χ1v) is 12.4. The first-order chi connectivity index (χ1) is 17.1. The lowest BCUT2D eigenvalue weighted by Gasteiger charge is -2.21. The van der Waals surface area contributed by atoms with Crippen LogP contribution < -0.4 is 10.3 Å². The topological polar surface area (TPSA) is 56.6 Å². The molecular formula is C28H30ClN3O3. The zero-order valence-electron chi connectivity index (χ0n) is 20.0. The van der Waals surface area contributed by atoms with E-state index in [4.69, 9.17) is 21.1 Å². The Balaban J connectivity index is 1.24. The van der Waals surface area contributed by atoms with Gasteiger partial charge >= 0.3 is 0 Å². The molecule has 5 rings (SSSR count).